The first-order valence-electron chi connectivity index (χ1n) is 6.45. The molecule has 3 nitrogen and oxygen atoms in total. The Morgan fingerprint density at radius 3 is 2.00 bits per heavy atom. The van der Waals surface area contributed by atoms with Crippen molar-refractivity contribution in [3.63, 3.8) is 0 Å². The van der Waals surface area contributed by atoms with Gasteiger partial charge in [0.25, 0.3) is 0 Å². The van der Waals surface area contributed by atoms with Crippen molar-refractivity contribution in [3.05, 3.63) is 41.5 Å². The van der Waals surface area contributed by atoms with E-state index in [0.29, 0.717) is 12.0 Å². The lowest BCUT2D eigenvalue weighted by Crippen LogP contribution is -1.94. The van der Waals surface area contributed by atoms with Gasteiger partial charge in [0.1, 0.15) is 17.2 Å². The van der Waals surface area contributed by atoms with Gasteiger partial charge in [0, 0.05) is 5.56 Å². The molecule has 2 aromatic carbocycles. The maximum Gasteiger partial charge on any atom is 0.127 e. The van der Waals surface area contributed by atoms with E-state index in [4.69, 9.17) is 0 Å². The first-order valence-corrected chi connectivity index (χ1v) is 6.45. The van der Waals surface area contributed by atoms with E-state index in [2.05, 4.69) is 0 Å². The second kappa shape index (κ2) is 5.22. The summed E-state index contributed by atoms with van der Waals surface area (Å²) in [4.78, 5) is 0. The Labute approximate surface area is 112 Å². The number of hydrogen-bond acceptors (Lipinski definition) is 3. The van der Waals surface area contributed by atoms with E-state index in [1.165, 1.54) is 12.1 Å². The fraction of sp³-hybridized carbons (Fsp3) is 0.250. The highest BCUT2D eigenvalue weighted by Crippen LogP contribution is 2.43. The summed E-state index contributed by atoms with van der Waals surface area (Å²) in [6, 6.07) is 8.22. The molecule has 0 atom stereocenters. The molecule has 3 heteroatoms. The number of phenols is 3. The van der Waals surface area contributed by atoms with Gasteiger partial charge in [-0.25, -0.2) is 0 Å². The van der Waals surface area contributed by atoms with Crippen LogP contribution in [0.25, 0.3) is 11.1 Å². The normalized spacial score (nSPS) is 10.6. The summed E-state index contributed by atoms with van der Waals surface area (Å²) in [6.45, 7) is 4.01. The van der Waals surface area contributed by atoms with Crippen LogP contribution in [0, 0.1) is 0 Å². The fourth-order valence-corrected chi connectivity index (χ4v) is 2.41. The molecule has 0 aliphatic rings. The Balaban J connectivity index is 2.70. The average Bonchev–Trinajstić information content (AvgIpc) is 2.39. The Hall–Kier alpha value is -2.16. The van der Waals surface area contributed by atoms with Gasteiger partial charge < -0.3 is 15.3 Å². The van der Waals surface area contributed by atoms with Crippen LogP contribution in [0.2, 0.25) is 0 Å². The van der Waals surface area contributed by atoms with Crippen LogP contribution in [0.3, 0.4) is 0 Å². The van der Waals surface area contributed by atoms with E-state index in [1.54, 1.807) is 12.1 Å². The monoisotopic (exact) mass is 258 g/mol. The van der Waals surface area contributed by atoms with Crippen LogP contribution in [0.5, 0.6) is 17.2 Å². The molecule has 0 amide bonds. The average molecular weight is 258 g/mol. The standard InChI is InChI=1S/C16H18O3/c1-3-10-8-9-12(16(19)11(10)4-2)15-13(17)6-5-7-14(15)18/h5-9,17-19H,3-4H2,1-2H3. The molecule has 0 bridgehead atoms. The van der Waals surface area contributed by atoms with Crippen LogP contribution in [0.1, 0.15) is 25.0 Å². The third kappa shape index (κ3) is 2.24. The molecule has 100 valence electrons. The van der Waals surface area contributed by atoms with Crippen molar-refractivity contribution in [1.29, 1.82) is 0 Å². The van der Waals surface area contributed by atoms with E-state index in [0.717, 1.165) is 17.5 Å². The minimum absolute atomic E-state index is 0.0402. The number of benzene rings is 2. The number of phenolic OH excluding ortho intramolecular Hbond substituents is 3. The van der Waals surface area contributed by atoms with E-state index in [-0.39, 0.29) is 22.8 Å². The van der Waals surface area contributed by atoms with E-state index < -0.39 is 0 Å². The van der Waals surface area contributed by atoms with Crippen LogP contribution in [-0.2, 0) is 12.8 Å². The molecule has 0 spiro atoms. The molecule has 0 saturated heterocycles. The topological polar surface area (TPSA) is 60.7 Å². The smallest absolute Gasteiger partial charge is 0.127 e. The molecular weight excluding hydrogens is 240 g/mol. The molecule has 2 rings (SSSR count). The maximum atomic E-state index is 10.4. The van der Waals surface area contributed by atoms with Gasteiger partial charge in [0.15, 0.2) is 0 Å². The highest BCUT2D eigenvalue weighted by atomic mass is 16.3. The minimum atomic E-state index is -0.0402. The highest BCUT2D eigenvalue weighted by molar-refractivity contribution is 5.81. The van der Waals surface area contributed by atoms with Gasteiger partial charge in [-0.15, -0.1) is 0 Å². The van der Waals surface area contributed by atoms with E-state index in [9.17, 15) is 15.3 Å². The van der Waals surface area contributed by atoms with E-state index >= 15 is 0 Å². The Morgan fingerprint density at radius 2 is 1.47 bits per heavy atom. The van der Waals surface area contributed by atoms with Gasteiger partial charge in [-0.05, 0) is 36.1 Å². The van der Waals surface area contributed by atoms with Crippen molar-refractivity contribution < 1.29 is 15.3 Å². The largest absolute Gasteiger partial charge is 0.507 e. The summed E-state index contributed by atoms with van der Waals surface area (Å²) in [6.07, 6.45) is 1.54. The SMILES string of the molecule is CCc1ccc(-c2c(O)cccc2O)c(O)c1CC. The summed E-state index contributed by atoms with van der Waals surface area (Å²) >= 11 is 0. The number of rotatable bonds is 3. The van der Waals surface area contributed by atoms with Crippen LogP contribution < -0.4 is 0 Å². The van der Waals surface area contributed by atoms with Gasteiger partial charge >= 0.3 is 0 Å². The lowest BCUT2D eigenvalue weighted by Gasteiger charge is -2.14. The van der Waals surface area contributed by atoms with Gasteiger partial charge in [0.2, 0.25) is 0 Å². The van der Waals surface area contributed by atoms with Crippen molar-refractivity contribution in [2.75, 3.05) is 0 Å². The predicted octanol–water partition coefficient (Wildman–Crippen LogP) is 3.60. The van der Waals surface area contributed by atoms with Gasteiger partial charge in [0.05, 0.1) is 5.56 Å². The molecule has 3 N–H and O–H groups in total. The number of hydrogen-bond donors (Lipinski definition) is 3. The quantitative estimate of drug-likeness (QED) is 0.788. The lowest BCUT2D eigenvalue weighted by atomic mass is 9.94. The van der Waals surface area contributed by atoms with Crippen LogP contribution in [-0.4, -0.2) is 15.3 Å². The summed E-state index contributed by atoms with van der Waals surface area (Å²) in [5, 5.41) is 30.2. The van der Waals surface area contributed by atoms with E-state index in [1.807, 2.05) is 19.9 Å². The van der Waals surface area contributed by atoms with Crippen LogP contribution in [0.15, 0.2) is 30.3 Å². The summed E-state index contributed by atoms with van der Waals surface area (Å²) in [5.74, 6) is 0.0573. The molecular formula is C16H18O3. The minimum Gasteiger partial charge on any atom is -0.507 e. The summed E-state index contributed by atoms with van der Waals surface area (Å²) in [5.41, 5.74) is 2.68. The third-order valence-corrected chi connectivity index (χ3v) is 3.40. The van der Waals surface area contributed by atoms with Crippen molar-refractivity contribution in [1.82, 2.24) is 0 Å². The summed E-state index contributed by atoms with van der Waals surface area (Å²) < 4.78 is 0. The maximum absolute atomic E-state index is 10.4. The Morgan fingerprint density at radius 1 is 0.842 bits per heavy atom. The van der Waals surface area contributed by atoms with Crippen LogP contribution >= 0.6 is 0 Å². The van der Waals surface area contributed by atoms with Crippen molar-refractivity contribution in [2.45, 2.75) is 26.7 Å². The molecule has 0 aromatic heterocycles. The first kappa shape index (κ1) is 13.3. The lowest BCUT2D eigenvalue weighted by molar-refractivity contribution is 0.448. The highest BCUT2D eigenvalue weighted by Gasteiger charge is 2.17. The van der Waals surface area contributed by atoms with Crippen molar-refractivity contribution >= 4 is 0 Å². The molecule has 19 heavy (non-hydrogen) atoms. The second-order valence-corrected chi connectivity index (χ2v) is 4.48. The Kier molecular flexibility index (Phi) is 3.65. The van der Waals surface area contributed by atoms with Gasteiger partial charge in [-0.2, -0.15) is 0 Å². The zero-order valence-electron chi connectivity index (χ0n) is 11.1. The zero-order chi connectivity index (χ0) is 14.0. The van der Waals surface area contributed by atoms with Crippen molar-refractivity contribution in [3.8, 4) is 28.4 Å². The molecule has 0 aliphatic heterocycles. The first-order chi connectivity index (χ1) is 9.10. The molecule has 0 unspecified atom stereocenters. The molecule has 0 radical (unpaired) electrons. The van der Waals surface area contributed by atoms with Crippen molar-refractivity contribution in [2.24, 2.45) is 0 Å². The third-order valence-electron chi connectivity index (χ3n) is 3.40. The molecule has 0 saturated carbocycles. The predicted molar refractivity (Wildman–Crippen MR) is 75.6 cm³/mol. The molecule has 0 heterocycles. The zero-order valence-corrected chi connectivity index (χ0v) is 11.1. The number of aromatic hydroxyl groups is 3. The van der Waals surface area contributed by atoms with Gasteiger partial charge in [-0.3, -0.25) is 0 Å². The van der Waals surface area contributed by atoms with Gasteiger partial charge in [-0.1, -0.05) is 32.0 Å². The second-order valence-electron chi connectivity index (χ2n) is 4.48. The molecule has 2 aromatic rings. The summed E-state index contributed by atoms with van der Waals surface area (Å²) in [7, 11) is 0. The molecule has 0 aliphatic carbocycles. The van der Waals surface area contributed by atoms with Crippen LogP contribution in [0.4, 0.5) is 0 Å². The Bertz CT molecular complexity index is 583. The number of aryl methyl sites for hydroxylation is 1. The molecule has 0 fully saturated rings. The fourth-order valence-electron chi connectivity index (χ4n) is 2.41.